The number of nitrogens with zero attached hydrogens (tertiary/aromatic N) is 4. The van der Waals surface area contributed by atoms with Gasteiger partial charge in [0.05, 0.1) is 6.20 Å². The highest BCUT2D eigenvalue weighted by Crippen LogP contribution is 2.32. The Hall–Kier alpha value is -2.64. The van der Waals surface area contributed by atoms with E-state index in [2.05, 4.69) is 15.3 Å². The third-order valence-electron chi connectivity index (χ3n) is 5.69. The third-order valence-corrected chi connectivity index (χ3v) is 5.69. The molecule has 2 aromatic rings. The summed E-state index contributed by atoms with van der Waals surface area (Å²) in [5.74, 6) is -0.995. The molecule has 1 fully saturated rings. The summed E-state index contributed by atoms with van der Waals surface area (Å²) in [6, 6.07) is 0. The van der Waals surface area contributed by atoms with E-state index in [0.29, 0.717) is 31.6 Å². The summed E-state index contributed by atoms with van der Waals surface area (Å²) in [6.07, 6.45) is 8.12. The van der Waals surface area contributed by atoms with Gasteiger partial charge in [0.2, 0.25) is 0 Å². The van der Waals surface area contributed by atoms with Crippen molar-refractivity contribution < 1.29 is 14.7 Å². The molecule has 0 aromatic carbocycles. The first-order valence-corrected chi connectivity index (χ1v) is 9.12. The second-order valence-corrected chi connectivity index (χ2v) is 7.33. The molecule has 1 saturated heterocycles. The van der Waals surface area contributed by atoms with Gasteiger partial charge in [-0.1, -0.05) is 0 Å². The average Bonchev–Trinajstić information content (AvgIpc) is 3.27. The minimum Gasteiger partial charge on any atom is -0.479 e. The zero-order valence-electron chi connectivity index (χ0n) is 14.9. The number of likely N-dealkylation sites (tertiary alicyclic amines) is 1. The second-order valence-electron chi connectivity index (χ2n) is 7.33. The molecular formula is C18H23N5O3. The average molecular weight is 357 g/mol. The van der Waals surface area contributed by atoms with E-state index in [9.17, 15) is 14.7 Å². The topological polar surface area (TPSA) is 104 Å². The molecule has 0 radical (unpaired) electrons. The number of aryl methyl sites for hydroxylation is 2. The Morgan fingerprint density at radius 3 is 2.62 bits per heavy atom. The number of carboxylic acid groups (broad SMARTS) is 1. The Balaban J connectivity index is 1.53. The quantitative estimate of drug-likeness (QED) is 0.866. The number of aromatic nitrogens is 4. The zero-order valence-corrected chi connectivity index (χ0v) is 14.9. The highest BCUT2D eigenvalue weighted by atomic mass is 16.4. The number of carbonyl (C=O) groups excluding carboxylic acids is 1. The van der Waals surface area contributed by atoms with E-state index < -0.39 is 11.5 Å². The number of fused-ring (bicyclic) bond motifs is 1. The van der Waals surface area contributed by atoms with Gasteiger partial charge in [0.1, 0.15) is 0 Å². The van der Waals surface area contributed by atoms with E-state index >= 15 is 0 Å². The van der Waals surface area contributed by atoms with Gasteiger partial charge in [-0.05, 0) is 38.2 Å². The number of hydrogen-bond donors (Lipinski definition) is 2. The molecule has 1 amide bonds. The molecule has 0 unspecified atom stereocenters. The molecule has 8 heteroatoms. The minimum absolute atomic E-state index is 0.0972. The number of piperidine rings is 1. The van der Waals surface area contributed by atoms with E-state index in [1.807, 2.05) is 6.92 Å². The predicted molar refractivity (Wildman–Crippen MR) is 92.9 cm³/mol. The normalized spacial score (nSPS) is 19.2. The van der Waals surface area contributed by atoms with E-state index in [-0.39, 0.29) is 5.91 Å². The van der Waals surface area contributed by atoms with Crippen LogP contribution < -0.4 is 0 Å². The Bertz CT molecular complexity index is 845. The number of hydrogen-bond acceptors (Lipinski definition) is 4. The second kappa shape index (κ2) is 6.26. The summed E-state index contributed by atoms with van der Waals surface area (Å²) in [5.41, 5.74) is 2.46. The number of carbonyl (C=O) groups is 2. The molecule has 2 aromatic heterocycles. The molecule has 2 N–H and O–H groups in total. The van der Waals surface area contributed by atoms with Crippen LogP contribution in [0.1, 0.15) is 53.0 Å². The maximum absolute atomic E-state index is 12.9. The van der Waals surface area contributed by atoms with Crippen LogP contribution in [0, 0.1) is 6.92 Å². The van der Waals surface area contributed by atoms with E-state index in [1.54, 1.807) is 22.0 Å². The van der Waals surface area contributed by atoms with Crippen molar-refractivity contribution >= 4 is 11.9 Å². The van der Waals surface area contributed by atoms with Crippen molar-refractivity contribution in [3.8, 4) is 0 Å². The Kier molecular flexibility index (Phi) is 4.05. The summed E-state index contributed by atoms with van der Waals surface area (Å²) in [7, 11) is 0. The van der Waals surface area contributed by atoms with Crippen LogP contribution in [0.4, 0.5) is 0 Å². The van der Waals surface area contributed by atoms with Crippen LogP contribution in [0.2, 0.25) is 0 Å². The van der Waals surface area contributed by atoms with Gasteiger partial charge in [0.15, 0.2) is 11.2 Å². The standard InChI is InChI=1S/C18H23N5O3/c1-12-10-19-23(11-12)18(17(25)26)6-8-22(9-7-18)16(24)15-13-4-2-3-5-14(13)20-21-15/h10-11H,2-9H2,1H3,(H,20,21)(H,25,26). The van der Waals surface area contributed by atoms with Gasteiger partial charge >= 0.3 is 5.97 Å². The molecule has 0 bridgehead atoms. The fourth-order valence-corrected chi connectivity index (χ4v) is 4.08. The fraction of sp³-hybridized carbons (Fsp3) is 0.556. The van der Waals surface area contributed by atoms with Crippen molar-refractivity contribution in [1.29, 1.82) is 0 Å². The molecule has 4 rings (SSSR count). The van der Waals surface area contributed by atoms with Gasteiger partial charge in [-0.3, -0.25) is 14.6 Å². The highest BCUT2D eigenvalue weighted by Gasteiger charge is 2.45. The fourth-order valence-electron chi connectivity index (χ4n) is 4.08. The van der Waals surface area contributed by atoms with Crippen LogP contribution in [0.5, 0.6) is 0 Å². The lowest BCUT2D eigenvalue weighted by molar-refractivity contribution is -0.150. The minimum atomic E-state index is -1.09. The monoisotopic (exact) mass is 357 g/mol. The molecular weight excluding hydrogens is 334 g/mol. The van der Waals surface area contributed by atoms with E-state index in [0.717, 1.165) is 42.5 Å². The summed E-state index contributed by atoms with van der Waals surface area (Å²) < 4.78 is 1.54. The van der Waals surface area contributed by atoms with Gasteiger partial charge in [0.25, 0.3) is 5.91 Å². The molecule has 1 aliphatic carbocycles. The SMILES string of the molecule is Cc1cnn(C2(C(=O)O)CCN(C(=O)c3n[nH]c4c3CCCC4)CC2)c1. The summed E-state index contributed by atoms with van der Waals surface area (Å²) in [4.78, 5) is 26.7. The highest BCUT2D eigenvalue weighted by molar-refractivity contribution is 5.94. The van der Waals surface area contributed by atoms with Gasteiger partial charge in [0, 0.05) is 43.4 Å². The largest absolute Gasteiger partial charge is 0.479 e. The van der Waals surface area contributed by atoms with Crippen molar-refractivity contribution in [2.45, 2.75) is 51.0 Å². The van der Waals surface area contributed by atoms with Crippen LogP contribution in [-0.2, 0) is 23.2 Å². The van der Waals surface area contributed by atoms with Crippen molar-refractivity contribution in [3.63, 3.8) is 0 Å². The summed E-state index contributed by atoms with van der Waals surface area (Å²) >= 11 is 0. The number of H-pyrrole nitrogens is 1. The summed E-state index contributed by atoms with van der Waals surface area (Å²) in [6.45, 7) is 2.65. The molecule has 0 atom stereocenters. The van der Waals surface area contributed by atoms with E-state index in [1.165, 1.54) is 0 Å². The van der Waals surface area contributed by atoms with Crippen LogP contribution in [0.15, 0.2) is 12.4 Å². The van der Waals surface area contributed by atoms with Crippen LogP contribution in [0.25, 0.3) is 0 Å². The number of aliphatic carboxylic acids is 1. The molecule has 1 aliphatic heterocycles. The zero-order chi connectivity index (χ0) is 18.3. The number of aromatic amines is 1. The lowest BCUT2D eigenvalue weighted by Crippen LogP contribution is -2.52. The predicted octanol–water partition coefficient (Wildman–Crippen LogP) is 1.51. The van der Waals surface area contributed by atoms with E-state index in [4.69, 9.17) is 0 Å². The number of amides is 1. The van der Waals surface area contributed by atoms with Crippen LogP contribution in [-0.4, -0.2) is 55.0 Å². The molecule has 8 nitrogen and oxygen atoms in total. The first-order valence-electron chi connectivity index (χ1n) is 9.12. The molecule has 138 valence electrons. The van der Waals surface area contributed by atoms with Crippen molar-refractivity contribution in [1.82, 2.24) is 24.9 Å². The first kappa shape index (κ1) is 16.8. The van der Waals surface area contributed by atoms with Crippen molar-refractivity contribution in [2.75, 3.05) is 13.1 Å². The number of carboxylic acids is 1. The van der Waals surface area contributed by atoms with Crippen molar-refractivity contribution in [2.24, 2.45) is 0 Å². The Labute approximate surface area is 151 Å². The molecule has 0 saturated carbocycles. The smallest absolute Gasteiger partial charge is 0.331 e. The van der Waals surface area contributed by atoms with Crippen molar-refractivity contribution in [3.05, 3.63) is 34.9 Å². The van der Waals surface area contributed by atoms with Crippen LogP contribution >= 0.6 is 0 Å². The molecule has 26 heavy (non-hydrogen) atoms. The molecule has 3 heterocycles. The molecule has 2 aliphatic rings. The Morgan fingerprint density at radius 1 is 1.23 bits per heavy atom. The first-order chi connectivity index (χ1) is 12.5. The summed E-state index contributed by atoms with van der Waals surface area (Å²) in [5, 5.41) is 21.3. The van der Waals surface area contributed by atoms with Gasteiger partial charge < -0.3 is 10.0 Å². The van der Waals surface area contributed by atoms with Gasteiger partial charge in [-0.2, -0.15) is 10.2 Å². The van der Waals surface area contributed by atoms with Gasteiger partial charge in [-0.25, -0.2) is 4.79 Å². The molecule has 0 spiro atoms. The van der Waals surface area contributed by atoms with Gasteiger partial charge in [-0.15, -0.1) is 0 Å². The maximum Gasteiger partial charge on any atom is 0.331 e. The lowest BCUT2D eigenvalue weighted by Gasteiger charge is -2.38. The maximum atomic E-state index is 12.9. The lowest BCUT2D eigenvalue weighted by atomic mass is 9.87. The number of rotatable bonds is 3. The number of nitrogens with one attached hydrogen (secondary N) is 1. The third kappa shape index (κ3) is 2.60. The van der Waals surface area contributed by atoms with Crippen LogP contribution in [0.3, 0.4) is 0 Å². The Morgan fingerprint density at radius 2 is 1.96 bits per heavy atom.